The molecule has 0 radical (unpaired) electrons. The minimum absolute atomic E-state index is 0.0764. The van der Waals surface area contributed by atoms with Gasteiger partial charge in [0.2, 0.25) is 11.9 Å². The number of hydrogen-bond donors (Lipinski definition) is 0. The second kappa shape index (κ2) is 6.45. The minimum atomic E-state index is -4.80. The molecule has 1 aliphatic heterocycles. The number of halogens is 5. The quantitative estimate of drug-likeness (QED) is 0.713. The molecule has 0 N–H and O–H groups in total. The van der Waals surface area contributed by atoms with Gasteiger partial charge in [-0.25, -0.2) is 14.4 Å². The van der Waals surface area contributed by atoms with Crippen molar-refractivity contribution >= 4 is 35.2 Å². The van der Waals surface area contributed by atoms with Crippen molar-refractivity contribution in [2.45, 2.75) is 18.5 Å². The largest absolute Gasteiger partial charge is 0.416 e. The second-order valence-electron chi connectivity index (χ2n) is 5.25. The topological polar surface area (TPSA) is 46.1 Å². The molecule has 1 saturated heterocycles. The fourth-order valence-corrected chi connectivity index (χ4v) is 3.82. The molecule has 0 saturated carbocycles. The highest BCUT2D eigenvalue weighted by molar-refractivity contribution is 8.00. The van der Waals surface area contributed by atoms with Crippen LogP contribution in [0.2, 0.25) is 5.02 Å². The number of benzene rings is 1. The van der Waals surface area contributed by atoms with E-state index in [0.29, 0.717) is 11.8 Å². The summed E-state index contributed by atoms with van der Waals surface area (Å²) in [4.78, 5) is 21.2. The van der Waals surface area contributed by atoms with Gasteiger partial charge in [-0.1, -0.05) is 11.6 Å². The number of rotatable bonds is 2. The molecule has 3 rings (SSSR count). The van der Waals surface area contributed by atoms with Crippen molar-refractivity contribution in [3.63, 3.8) is 0 Å². The van der Waals surface area contributed by atoms with Gasteiger partial charge in [0.25, 0.3) is 0 Å². The first kappa shape index (κ1) is 17.9. The lowest BCUT2D eigenvalue weighted by Gasteiger charge is -2.25. The highest BCUT2D eigenvalue weighted by atomic mass is 35.5. The first-order valence-corrected chi connectivity index (χ1v) is 8.41. The molecule has 1 fully saturated rings. The molecule has 1 amide bonds. The summed E-state index contributed by atoms with van der Waals surface area (Å²) in [7, 11) is 0. The molecular weight excluding hydrogens is 382 g/mol. The van der Waals surface area contributed by atoms with Gasteiger partial charge >= 0.3 is 6.18 Å². The molecule has 132 valence electrons. The predicted molar refractivity (Wildman–Crippen MR) is 85.9 cm³/mol. The van der Waals surface area contributed by atoms with E-state index in [9.17, 15) is 22.4 Å². The van der Waals surface area contributed by atoms with E-state index in [4.69, 9.17) is 11.6 Å². The molecule has 1 aliphatic rings. The zero-order valence-corrected chi connectivity index (χ0v) is 14.2. The molecule has 0 aliphatic carbocycles. The van der Waals surface area contributed by atoms with Crippen LogP contribution in [0.1, 0.15) is 22.2 Å². The van der Waals surface area contributed by atoms with Crippen molar-refractivity contribution in [1.82, 2.24) is 9.97 Å². The average molecular weight is 392 g/mol. The Labute approximate surface area is 149 Å². The van der Waals surface area contributed by atoms with Crippen molar-refractivity contribution in [2.75, 3.05) is 10.7 Å². The summed E-state index contributed by atoms with van der Waals surface area (Å²) in [5.74, 6) is -1.91. The lowest BCUT2D eigenvalue weighted by atomic mass is 10.1. The van der Waals surface area contributed by atoms with E-state index in [2.05, 4.69) is 9.97 Å². The lowest BCUT2D eigenvalue weighted by Crippen LogP contribution is -2.31. The summed E-state index contributed by atoms with van der Waals surface area (Å²) in [6.45, 7) is 1.65. The van der Waals surface area contributed by atoms with Crippen molar-refractivity contribution < 1.29 is 22.4 Å². The van der Waals surface area contributed by atoms with Crippen LogP contribution in [0.3, 0.4) is 0 Å². The standard InChI is InChI=1S/C15H10ClF4N3OS/c1-7-4-5-21-14(22-7)23-10(24)6-25-13(23)11-8(15(18,19)20)2-3-9(16)12(11)17/h2-5,13H,6H2,1H3. The Bertz CT molecular complexity index is 846. The molecule has 0 bridgehead atoms. The Morgan fingerprint density at radius 1 is 1.32 bits per heavy atom. The van der Waals surface area contributed by atoms with E-state index in [1.807, 2.05) is 0 Å². The van der Waals surface area contributed by atoms with Crippen LogP contribution < -0.4 is 4.90 Å². The van der Waals surface area contributed by atoms with Crippen molar-refractivity contribution in [3.05, 3.63) is 52.1 Å². The van der Waals surface area contributed by atoms with Gasteiger partial charge in [0.1, 0.15) is 11.2 Å². The van der Waals surface area contributed by atoms with Crippen LogP contribution in [-0.4, -0.2) is 21.6 Å². The Balaban J connectivity index is 2.18. The molecule has 10 heteroatoms. The maximum Gasteiger partial charge on any atom is 0.416 e. The fraction of sp³-hybridized carbons (Fsp3) is 0.267. The summed E-state index contributed by atoms with van der Waals surface area (Å²) in [5.41, 5.74) is -1.35. The molecule has 1 aromatic heterocycles. The van der Waals surface area contributed by atoms with Crippen LogP contribution in [0.25, 0.3) is 0 Å². The van der Waals surface area contributed by atoms with Crippen LogP contribution in [-0.2, 0) is 11.0 Å². The maximum atomic E-state index is 14.5. The van der Waals surface area contributed by atoms with E-state index in [0.717, 1.165) is 22.7 Å². The number of anilines is 1. The van der Waals surface area contributed by atoms with E-state index in [1.54, 1.807) is 13.0 Å². The minimum Gasteiger partial charge on any atom is -0.273 e. The Hall–Kier alpha value is -1.87. The number of aromatic nitrogens is 2. The monoisotopic (exact) mass is 391 g/mol. The number of aryl methyl sites for hydroxylation is 1. The fourth-order valence-electron chi connectivity index (χ4n) is 2.46. The smallest absolute Gasteiger partial charge is 0.273 e. The number of carbonyl (C=O) groups excluding carboxylic acids is 1. The van der Waals surface area contributed by atoms with E-state index in [-0.39, 0.29) is 11.7 Å². The highest BCUT2D eigenvalue weighted by Gasteiger charge is 2.44. The zero-order valence-electron chi connectivity index (χ0n) is 12.6. The number of carbonyl (C=O) groups is 1. The van der Waals surface area contributed by atoms with Crippen molar-refractivity contribution in [3.8, 4) is 0 Å². The third kappa shape index (κ3) is 3.30. The van der Waals surface area contributed by atoms with Crippen molar-refractivity contribution in [2.24, 2.45) is 0 Å². The summed E-state index contributed by atoms with van der Waals surface area (Å²) in [6, 6.07) is 3.13. The molecule has 1 atom stereocenters. The summed E-state index contributed by atoms with van der Waals surface area (Å²) < 4.78 is 54.6. The van der Waals surface area contributed by atoms with E-state index in [1.165, 1.54) is 6.20 Å². The van der Waals surface area contributed by atoms with Crippen LogP contribution in [0, 0.1) is 12.7 Å². The zero-order chi connectivity index (χ0) is 18.4. The molecule has 4 nitrogen and oxygen atoms in total. The van der Waals surface area contributed by atoms with Crippen LogP contribution >= 0.6 is 23.4 Å². The number of amides is 1. The summed E-state index contributed by atoms with van der Waals surface area (Å²) in [5, 5.41) is -1.71. The van der Waals surface area contributed by atoms with E-state index < -0.39 is 39.4 Å². The normalized spacial score (nSPS) is 18.1. The predicted octanol–water partition coefficient (Wildman–Crippen LogP) is 4.37. The van der Waals surface area contributed by atoms with Gasteiger partial charge in [-0.15, -0.1) is 11.8 Å². The average Bonchev–Trinajstić information content (AvgIpc) is 2.90. The number of alkyl halides is 3. The molecule has 1 aromatic carbocycles. The number of thioether (sulfide) groups is 1. The highest BCUT2D eigenvalue weighted by Crippen LogP contribution is 2.47. The van der Waals surface area contributed by atoms with Crippen LogP contribution in [0.15, 0.2) is 24.4 Å². The molecule has 2 aromatic rings. The van der Waals surface area contributed by atoms with E-state index >= 15 is 0 Å². The van der Waals surface area contributed by atoms with Gasteiger partial charge in [-0.3, -0.25) is 9.69 Å². The number of hydrogen-bond acceptors (Lipinski definition) is 4. The summed E-state index contributed by atoms with van der Waals surface area (Å²) in [6.07, 6.45) is -3.42. The van der Waals surface area contributed by atoms with Gasteiger partial charge in [0.05, 0.1) is 16.3 Å². The van der Waals surface area contributed by atoms with Gasteiger partial charge in [0, 0.05) is 17.5 Å². The molecule has 1 unspecified atom stereocenters. The van der Waals surface area contributed by atoms with Crippen LogP contribution in [0.5, 0.6) is 0 Å². The lowest BCUT2D eigenvalue weighted by molar-refractivity contribution is -0.138. The first-order valence-electron chi connectivity index (χ1n) is 6.98. The second-order valence-corrected chi connectivity index (χ2v) is 6.72. The first-order chi connectivity index (χ1) is 11.7. The van der Waals surface area contributed by atoms with Gasteiger partial charge < -0.3 is 0 Å². The number of nitrogens with zero attached hydrogens (tertiary/aromatic N) is 3. The molecule has 0 spiro atoms. The van der Waals surface area contributed by atoms with Gasteiger partial charge in [0.15, 0.2) is 0 Å². The Morgan fingerprint density at radius 2 is 2.04 bits per heavy atom. The molecule has 25 heavy (non-hydrogen) atoms. The van der Waals surface area contributed by atoms with Crippen molar-refractivity contribution in [1.29, 1.82) is 0 Å². The maximum absolute atomic E-state index is 14.5. The summed E-state index contributed by atoms with van der Waals surface area (Å²) >= 11 is 6.55. The third-order valence-corrected chi connectivity index (χ3v) is 5.02. The SMILES string of the molecule is Cc1ccnc(N2C(=O)CSC2c2c(C(F)(F)F)ccc(Cl)c2F)n1. The molecule has 2 heterocycles. The van der Waals surface area contributed by atoms with Gasteiger partial charge in [-0.05, 0) is 25.1 Å². The third-order valence-electron chi connectivity index (χ3n) is 3.55. The Morgan fingerprint density at radius 3 is 2.68 bits per heavy atom. The van der Waals surface area contributed by atoms with Gasteiger partial charge in [-0.2, -0.15) is 13.2 Å². The molecular formula is C15H10ClF4N3OS. The van der Waals surface area contributed by atoms with Crippen LogP contribution in [0.4, 0.5) is 23.5 Å². The Kier molecular flexibility index (Phi) is 4.63.